The van der Waals surface area contributed by atoms with E-state index in [-0.39, 0.29) is 0 Å². The van der Waals surface area contributed by atoms with E-state index in [4.69, 9.17) is 9.47 Å². The van der Waals surface area contributed by atoms with E-state index in [0.29, 0.717) is 34.7 Å². The van der Waals surface area contributed by atoms with Crippen molar-refractivity contribution in [1.82, 2.24) is 0 Å². The maximum Gasteiger partial charge on any atom is 0.235 e. The van der Waals surface area contributed by atoms with Gasteiger partial charge >= 0.3 is 0 Å². The minimum atomic E-state index is -0.615. The first-order chi connectivity index (χ1) is 10.2. The Bertz CT molecular complexity index is 631. The van der Waals surface area contributed by atoms with Crippen molar-refractivity contribution in [1.29, 1.82) is 0 Å². The van der Waals surface area contributed by atoms with Gasteiger partial charge in [-0.2, -0.15) is 4.99 Å². The van der Waals surface area contributed by atoms with Crippen LogP contribution in [0.4, 0.5) is 0 Å². The van der Waals surface area contributed by atoms with Gasteiger partial charge in [-0.3, -0.25) is 4.79 Å². The maximum absolute atomic E-state index is 11.3. The van der Waals surface area contributed by atoms with E-state index in [2.05, 4.69) is 20.9 Å². The SMILES string of the molecule is O=C=NC1(c2cc(Br)c(C=O)c3c2OCCO3)CCCC1. The molecular weight excluding hydrogens is 338 g/mol. The van der Waals surface area contributed by atoms with E-state index in [1.165, 1.54) is 0 Å². The Labute approximate surface area is 130 Å². The predicted molar refractivity (Wildman–Crippen MR) is 78.8 cm³/mol. The summed E-state index contributed by atoms with van der Waals surface area (Å²) in [6.07, 6.45) is 5.96. The Morgan fingerprint density at radius 1 is 1.24 bits per heavy atom. The highest BCUT2D eigenvalue weighted by Gasteiger charge is 2.40. The number of nitrogens with zero attached hydrogens (tertiary/aromatic N) is 1. The summed E-state index contributed by atoms with van der Waals surface area (Å²) in [4.78, 5) is 26.2. The second-order valence-electron chi connectivity index (χ2n) is 5.23. The van der Waals surface area contributed by atoms with E-state index >= 15 is 0 Å². The number of carbonyl (C=O) groups is 1. The molecule has 1 aliphatic carbocycles. The van der Waals surface area contributed by atoms with Gasteiger partial charge in [-0.15, -0.1) is 0 Å². The van der Waals surface area contributed by atoms with Crippen molar-refractivity contribution >= 4 is 28.3 Å². The summed E-state index contributed by atoms with van der Waals surface area (Å²) < 4.78 is 12.0. The molecule has 1 heterocycles. The number of fused-ring (bicyclic) bond motifs is 1. The van der Waals surface area contributed by atoms with Gasteiger partial charge in [0.15, 0.2) is 17.8 Å². The smallest absolute Gasteiger partial charge is 0.235 e. The topological polar surface area (TPSA) is 65.0 Å². The van der Waals surface area contributed by atoms with E-state index in [0.717, 1.165) is 37.5 Å². The Balaban J connectivity index is 2.25. The standard InChI is InChI=1S/C15H14BrNO4/c16-12-7-11(15(17-9-19)3-1-2-4-15)14-13(10(12)8-18)20-5-6-21-14/h7-8H,1-6H2. The Hall–Kier alpha value is -1.65. The molecule has 110 valence electrons. The highest BCUT2D eigenvalue weighted by molar-refractivity contribution is 9.10. The van der Waals surface area contributed by atoms with Gasteiger partial charge in [0.05, 0.1) is 5.56 Å². The van der Waals surface area contributed by atoms with Crippen LogP contribution in [-0.4, -0.2) is 25.6 Å². The quantitative estimate of drug-likeness (QED) is 0.476. The van der Waals surface area contributed by atoms with E-state index in [9.17, 15) is 9.59 Å². The number of aldehydes is 1. The molecule has 1 aromatic rings. The van der Waals surface area contributed by atoms with Crippen molar-refractivity contribution < 1.29 is 19.1 Å². The third-order valence-corrected chi connectivity index (χ3v) is 4.77. The number of isocyanates is 1. The molecule has 0 atom stereocenters. The second-order valence-corrected chi connectivity index (χ2v) is 6.09. The number of benzene rings is 1. The molecule has 0 saturated heterocycles. The van der Waals surface area contributed by atoms with E-state index in [1.807, 2.05) is 6.07 Å². The predicted octanol–water partition coefficient (Wildman–Crippen LogP) is 3.14. The van der Waals surface area contributed by atoms with Gasteiger partial charge < -0.3 is 9.47 Å². The normalized spacial score (nSPS) is 18.9. The first-order valence-corrected chi connectivity index (χ1v) is 7.68. The van der Waals surface area contributed by atoms with Gasteiger partial charge in [-0.25, -0.2) is 4.79 Å². The van der Waals surface area contributed by atoms with Gasteiger partial charge in [0, 0.05) is 10.0 Å². The molecule has 1 saturated carbocycles. The van der Waals surface area contributed by atoms with Crippen molar-refractivity contribution in [2.75, 3.05) is 13.2 Å². The van der Waals surface area contributed by atoms with Crippen LogP contribution in [-0.2, 0) is 10.3 Å². The molecule has 0 unspecified atom stereocenters. The van der Waals surface area contributed by atoms with Gasteiger partial charge in [0.25, 0.3) is 0 Å². The average Bonchev–Trinajstić information content (AvgIpc) is 2.96. The van der Waals surface area contributed by atoms with E-state index < -0.39 is 5.54 Å². The molecule has 5 nitrogen and oxygen atoms in total. The lowest BCUT2D eigenvalue weighted by atomic mass is 9.87. The van der Waals surface area contributed by atoms with Crippen molar-refractivity contribution in [3.05, 3.63) is 21.7 Å². The molecule has 0 amide bonds. The molecule has 21 heavy (non-hydrogen) atoms. The Morgan fingerprint density at radius 2 is 1.90 bits per heavy atom. The van der Waals surface area contributed by atoms with Crippen LogP contribution in [0.25, 0.3) is 0 Å². The Kier molecular flexibility index (Phi) is 3.83. The summed E-state index contributed by atoms with van der Waals surface area (Å²) >= 11 is 3.40. The summed E-state index contributed by atoms with van der Waals surface area (Å²) in [6.45, 7) is 0.814. The van der Waals surface area contributed by atoms with E-state index in [1.54, 1.807) is 6.08 Å². The van der Waals surface area contributed by atoms with Crippen LogP contribution in [0.15, 0.2) is 15.5 Å². The first-order valence-electron chi connectivity index (χ1n) is 6.88. The van der Waals surface area contributed by atoms with Crippen molar-refractivity contribution in [2.45, 2.75) is 31.2 Å². The zero-order chi connectivity index (χ0) is 14.9. The monoisotopic (exact) mass is 351 g/mol. The molecule has 0 aromatic heterocycles. The highest BCUT2D eigenvalue weighted by atomic mass is 79.9. The van der Waals surface area contributed by atoms with Crippen LogP contribution in [0.1, 0.15) is 41.6 Å². The van der Waals surface area contributed by atoms with Crippen LogP contribution < -0.4 is 9.47 Å². The molecule has 0 N–H and O–H groups in total. The molecule has 1 fully saturated rings. The summed E-state index contributed by atoms with van der Waals surface area (Å²) in [5.41, 5.74) is 0.614. The molecule has 0 bridgehead atoms. The fourth-order valence-electron chi connectivity index (χ4n) is 3.14. The number of rotatable bonds is 3. The number of carbonyl (C=O) groups excluding carboxylic acids is 2. The molecular formula is C15H14BrNO4. The van der Waals surface area contributed by atoms with Crippen molar-refractivity contribution in [3.63, 3.8) is 0 Å². The summed E-state index contributed by atoms with van der Waals surface area (Å²) in [6, 6.07) is 1.82. The van der Waals surface area contributed by atoms with Gasteiger partial charge in [-0.05, 0) is 34.8 Å². The average molecular weight is 352 g/mol. The van der Waals surface area contributed by atoms with Crippen molar-refractivity contribution in [3.8, 4) is 11.5 Å². The summed E-state index contributed by atoms with van der Waals surface area (Å²) in [7, 11) is 0. The number of aliphatic imine (C=N–C) groups is 1. The van der Waals surface area contributed by atoms with Crippen LogP contribution in [0.5, 0.6) is 11.5 Å². The minimum absolute atomic E-state index is 0.397. The molecule has 1 aromatic carbocycles. The zero-order valence-corrected chi connectivity index (χ0v) is 12.9. The highest BCUT2D eigenvalue weighted by Crippen LogP contribution is 2.51. The largest absolute Gasteiger partial charge is 0.486 e. The Morgan fingerprint density at radius 3 is 2.52 bits per heavy atom. The maximum atomic E-state index is 11.3. The zero-order valence-electron chi connectivity index (χ0n) is 11.4. The van der Waals surface area contributed by atoms with Crippen LogP contribution in [0, 0.1) is 0 Å². The second kappa shape index (κ2) is 5.62. The molecule has 0 spiro atoms. The van der Waals surface area contributed by atoms with Gasteiger partial charge in [0.2, 0.25) is 6.08 Å². The van der Waals surface area contributed by atoms with Crippen molar-refractivity contribution in [2.24, 2.45) is 4.99 Å². The minimum Gasteiger partial charge on any atom is -0.486 e. The third-order valence-electron chi connectivity index (χ3n) is 4.11. The fourth-order valence-corrected chi connectivity index (χ4v) is 3.64. The molecule has 6 heteroatoms. The molecule has 1 aliphatic heterocycles. The van der Waals surface area contributed by atoms with Crippen LogP contribution in [0.2, 0.25) is 0 Å². The number of hydrogen-bond donors (Lipinski definition) is 0. The number of ether oxygens (including phenoxy) is 2. The lowest BCUT2D eigenvalue weighted by molar-refractivity contribution is 0.111. The fraction of sp³-hybridized carbons (Fsp3) is 0.467. The lowest BCUT2D eigenvalue weighted by Crippen LogP contribution is -2.25. The molecule has 2 aliphatic rings. The molecule has 3 rings (SSSR count). The van der Waals surface area contributed by atoms with Crippen LogP contribution in [0.3, 0.4) is 0 Å². The van der Waals surface area contributed by atoms with Gasteiger partial charge in [-0.1, -0.05) is 12.8 Å². The van der Waals surface area contributed by atoms with Crippen LogP contribution >= 0.6 is 15.9 Å². The van der Waals surface area contributed by atoms with Gasteiger partial charge in [0.1, 0.15) is 18.8 Å². The summed E-state index contributed by atoms with van der Waals surface area (Å²) in [5, 5.41) is 0. The molecule has 0 radical (unpaired) electrons. The third kappa shape index (κ3) is 2.28. The lowest BCUT2D eigenvalue weighted by Gasteiger charge is -2.30. The number of halogens is 1. The number of hydrogen-bond acceptors (Lipinski definition) is 5. The summed E-state index contributed by atoms with van der Waals surface area (Å²) in [5.74, 6) is 0.973. The first kappa shape index (κ1) is 14.3.